The van der Waals surface area contributed by atoms with Gasteiger partial charge < -0.3 is 9.84 Å². The number of ether oxygens (including phenoxy) is 1. The third-order valence-corrected chi connectivity index (χ3v) is 3.29. The van der Waals surface area contributed by atoms with E-state index >= 15 is 0 Å². The van der Waals surface area contributed by atoms with Gasteiger partial charge in [0.2, 0.25) is 0 Å². The van der Waals surface area contributed by atoms with Gasteiger partial charge in [0.15, 0.2) is 5.78 Å². The number of amides is 1. The Morgan fingerprint density at radius 1 is 1.78 bits per heavy atom. The van der Waals surface area contributed by atoms with Crippen LogP contribution in [0.25, 0.3) is 0 Å². The second kappa shape index (κ2) is 7.68. The van der Waals surface area contributed by atoms with E-state index in [2.05, 4.69) is 9.84 Å². The summed E-state index contributed by atoms with van der Waals surface area (Å²) in [5.41, 5.74) is 0. The quantitative estimate of drug-likeness (QED) is 0.654. The molecular formula is C10H13N3O4S. The summed E-state index contributed by atoms with van der Waals surface area (Å²) in [4.78, 5) is 22.8. The number of hydrogen-bond donors (Lipinski definition) is 1. The van der Waals surface area contributed by atoms with Crippen molar-refractivity contribution in [3.63, 3.8) is 0 Å². The molecule has 1 atom stereocenters. The van der Waals surface area contributed by atoms with Crippen molar-refractivity contribution < 1.29 is 19.4 Å². The van der Waals surface area contributed by atoms with Crippen LogP contribution in [0.3, 0.4) is 0 Å². The van der Waals surface area contributed by atoms with E-state index in [1.807, 2.05) is 6.07 Å². The number of hydrazone groups is 1. The fourth-order valence-corrected chi connectivity index (χ4v) is 2.03. The van der Waals surface area contributed by atoms with Crippen molar-refractivity contribution in [3.05, 3.63) is 0 Å². The molecular weight excluding hydrogens is 258 g/mol. The minimum atomic E-state index is -0.584. The number of hydrogen-bond acceptors (Lipinski definition) is 7. The third kappa shape index (κ3) is 4.35. The zero-order chi connectivity index (χ0) is 13.4. The van der Waals surface area contributed by atoms with Gasteiger partial charge in [0, 0.05) is 5.75 Å². The van der Waals surface area contributed by atoms with Crippen molar-refractivity contribution >= 4 is 29.9 Å². The topological polar surface area (TPSA) is 103 Å². The minimum Gasteiger partial charge on any atom is -0.446 e. The van der Waals surface area contributed by atoms with Crippen LogP contribution in [0.4, 0.5) is 4.79 Å². The highest BCUT2D eigenvalue weighted by atomic mass is 32.2. The van der Waals surface area contributed by atoms with Crippen molar-refractivity contribution in [2.24, 2.45) is 5.10 Å². The monoisotopic (exact) mass is 271 g/mol. The smallest absolute Gasteiger partial charge is 0.430 e. The Labute approximate surface area is 108 Å². The average Bonchev–Trinajstić information content (AvgIpc) is 2.77. The van der Waals surface area contributed by atoms with Crippen molar-refractivity contribution in [2.75, 3.05) is 25.5 Å². The van der Waals surface area contributed by atoms with Crippen molar-refractivity contribution in [3.8, 4) is 6.07 Å². The van der Waals surface area contributed by atoms with Crippen LogP contribution in [0.5, 0.6) is 0 Å². The van der Waals surface area contributed by atoms with Crippen LogP contribution in [0, 0.1) is 11.3 Å². The molecule has 0 radical (unpaired) electrons. The molecule has 0 aromatic carbocycles. The summed E-state index contributed by atoms with van der Waals surface area (Å²) in [5.74, 6) is 0.0206. The molecule has 0 aliphatic carbocycles. The Morgan fingerprint density at radius 3 is 3.11 bits per heavy atom. The number of carbonyl (C=O) groups is 2. The molecule has 18 heavy (non-hydrogen) atoms. The van der Waals surface area contributed by atoms with Crippen molar-refractivity contribution in [1.82, 2.24) is 5.01 Å². The molecule has 1 fully saturated rings. The molecule has 8 heteroatoms. The van der Waals surface area contributed by atoms with Crippen LogP contribution >= 0.6 is 11.8 Å². The van der Waals surface area contributed by atoms with E-state index in [0.29, 0.717) is 12.3 Å². The van der Waals surface area contributed by atoms with E-state index in [1.54, 1.807) is 0 Å². The lowest BCUT2D eigenvalue weighted by atomic mass is 10.2. The summed E-state index contributed by atoms with van der Waals surface area (Å²) < 4.78 is 4.64. The molecule has 0 bridgehead atoms. The Bertz CT molecular complexity index is 380. The van der Waals surface area contributed by atoms with Crippen LogP contribution in [0.1, 0.15) is 6.42 Å². The van der Waals surface area contributed by atoms with Gasteiger partial charge in [-0.2, -0.15) is 15.4 Å². The fourth-order valence-electron chi connectivity index (χ4n) is 1.22. The molecule has 0 aromatic rings. The lowest BCUT2D eigenvalue weighted by molar-refractivity contribution is -0.112. The largest absolute Gasteiger partial charge is 0.446 e. The lowest BCUT2D eigenvalue weighted by Crippen LogP contribution is -2.23. The second-order valence-corrected chi connectivity index (χ2v) is 4.64. The maximum Gasteiger partial charge on any atom is 0.430 e. The molecule has 1 heterocycles. The highest BCUT2D eigenvalue weighted by Gasteiger charge is 2.22. The van der Waals surface area contributed by atoms with Crippen LogP contribution < -0.4 is 0 Å². The number of thioether (sulfide) groups is 1. The number of aliphatic hydroxyl groups excluding tert-OH is 1. The average molecular weight is 271 g/mol. The maximum absolute atomic E-state index is 11.7. The molecule has 1 saturated heterocycles. The normalized spacial score (nSPS) is 16.7. The molecule has 0 aromatic heterocycles. The molecule has 7 nitrogen and oxygen atoms in total. The number of Topliss-reactive ketones (excluding diaryl/α,β-unsaturated/α-hetero) is 1. The SMILES string of the molecule is N#CCC(SCCO)C(=O)/C=N\N1CCOC1=O. The van der Waals surface area contributed by atoms with E-state index in [0.717, 1.165) is 11.2 Å². The van der Waals surface area contributed by atoms with Gasteiger partial charge >= 0.3 is 6.09 Å². The summed E-state index contributed by atoms with van der Waals surface area (Å²) in [6.07, 6.45) is 0.484. The van der Waals surface area contributed by atoms with Crippen LogP contribution in [-0.2, 0) is 9.53 Å². The number of carbonyl (C=O) groups excluding carboxylic acids is 2. The fraction of sp³-hybridized carbons (Fsp3) is 0.600. The maximum atomic E-state index is 11.7. The highest BCUT2D eigenvalue weighted by Crippen LogP contribution is 2.14. The lowest BCUT2D eigenvalue weighted by Gasteiger charge is -2.09. The first kappa shape index (κ1) is 14.5. The number of aliphatic hydroxyl groups is 1. The van der Waals surface area contributed by atoms with Gasteiger partial charge in [-0.1, -0.05) is 0 Å². The number of nitriles is 1. The zero-order valence-electron chi connectivity index (χ0n) is 9.61. The predicted octanol–water partition coefficient (Wildman–Crippen LogP) is 0.00128. The summed E-state index contributed by atoms with van der Waals surface area (Å²) in [6.45, 7) is 0.510. The Morgan fingerprint density at radius 2 is 2.56 bits per heavy atom. The van der Waals surface area contributed by atoms with Gasteiger partial charge in [-0.05, 0) is 0 Å². The molecule has 1 N–H and O–H groups in total. The first-order chi connectivity index (χ1) is 8.69. The Kier molecular flexibility index (Phi) is 6.18. The van der Waals surface area contributed by atoms with E-state index in [4.69, 9.17) is 10.4 Å². The molecule has 1 unspecified atom stereocenters. The molecule has 1 aliphatic heterocycles. The Balaban J connectivity index is 2.52. The third-order valence-electron chi connectivity index (χ3n) is 2.07. The van der Waals surface area contributed by atoms with E-state index in [9.17, 15) is 9.59 Å². The first-order valence-electron chi connectivity index (χ1n) is 5.30. The number of cyclic esters (lactones) is 1. The van der Waals surface area contributed by atoms with Crippen LogP contribution in [0.2, 0.25) is 0 Å². The number of nitrogens with zero attached hydrogens (tertiary/aromatic N) is 3. The summed E-state index contributed by atoms with van der Waals surface area (Å²) in [5, 5.41) is 21.5. The standard InChI is InChI=1S/C10H13N3O4S/c11-2-1-9(18-6-4-14)8(15)7-12-13-3-5-17-10(13)16/h7,9,14H,1,3-6H2/b12-7-. The molecule has 1 rings (SSSR count). The summed E-state index contributed by atoms with van der Waals surface area (Å²) in [6, 6.07) is 1.90. The zero-order valence-corrected chi connectivity index (χ0v) is 10.4. The van der Waals surface area contributed by atoms with Gasteiger partial charge in [0.05, 0.1) is 37.1 Å². The van der Waals surface area contributed by atoms with Gasteiger partial charge in [-0.15, -0.1) is 11.8 Å². The Hall–Kier alpha value is -1.59. The predicted molar refractivity (Wildman–Crippen MR) is 65.1 cm³/mol. The van der Waals surface area contributed by atoms with E-state index in [1.165, 1.54) is 11.8 Å². The van der Waals surface area contributed by atoms with Gasteiger partial charge in [-0.25, -0.2) is 4.79 Å². The summed E-state index contributed by atoms with van der Waals surface area (Å²) in [7, 11) is 0. The van der Waals surface area contributed by atoms with Crippen molar-refractivity contribution in [2.45, 2.75) is 11.7 Å². The number of ketones is 1. The second-order valence-electron chi connectivity index (χ2n) is 3.33. The van der Waals surface area contributed by atoms with Gasteiger partial charge in [0.1, 0.15) is 6.61 Å². The molecule has 0 spiro atoms. The van der Waals surface area contributed by atoms with E-state index in [-0.39, 0.29) is 25.4 Å². The first-order valence-corrected chi connectivity index (χ1v) is 6.35. The number of rotatable bonds is 7. The van der Waals surface area contributed by atoms with E-state index < -0.39 is 11.3 Å². The summed E-state index contributed by atoms with van der Waals surface area (Å²) >= 11 is 1.19. The molecule has 1 amide bonds. The molecule has 0 saturated carbocycles. The molecule has 98 valence electrons. The van der Waals surface area contributed by atoms with Gasteiger partial charge in [-0.3, -0.25) is 4.79 Å². The van der Waals surface area contributed by atoms with Crippen molar-refractivity contribution in [1.29, 1.82) is 5.26 Å². The van der Waals surface area contributed by atoms with Crippen LogP contribution in [0.15, 0.2) is 5.10 Å². The molecule has 1 aliphatic rings. The minimum absolute atomic E-state index is 0.0416. The highest BCUT2D eigenvalue weighted by molar-refractivity contribution is 8.00. The van der Waals surface area contributed by atoms with Crippen LogP contribution in [-0.4, -0.2) is 59.0 Å². The van der Waals surface area contributed by atoms with Gasteiger partial charge in [0.25, 0.3) is 0 Å².